The lowest BCUT2D eigenvalue weighted by Gasteiger charge is -2.14. The van der Waals surface area contributed by atoms with E-state index in [0.29, 0.717) is 0 Å². The number of rotatable bonds is 5. The quantitative estimate of drug-likeness (QED) is 0.385. The minimum absolute atomic E-state index is 0.748. The summed E-state index contributed by atoms with van der Waals surface area (Å²) in [7, 11) is 0. The van der Waals surface area contributed by atoms with Crippen LogP contribution in [0.25, 0.3) is 0 Å². The highest BCUT2D eigenvalue weighted by molar-refractivity contribution is 5.81. The van der Waals surface area contributed by atoms with E-state index >= 15 is 0 Å². The molecule has 6 heteroatoms. The molecular formula is C7H8F4O2. The first-order valence-corrected chi connectivity index (χ1v) is 3.35. The van der Waals surface area contributed by atoms with Gasteiger partial charge in [-0.15, -0.1) is 0 Å². The van der Waals surface area contributed by atoms with E-state index in [1.54, 1.807) is 0 Å². The Morgan fingerprint density at radius 2 is 2.08 bits per heavy atom. The van der Waals surface area contributed by atoms with Crippen LogP contribution < -0.4 is 0 Å². The van der Waals surface area contributed by atoms with Gasteiger partial charge in [-0.3, -0.25) is 0 Å². The second-order valence-corrected chi connectivity index (χ2v) is 2.18. The Hall–Kier alpha value is -1.07. The zero-order valence-corrected chi connectivity index (χ0v) is 6.60. The predicted molar refractivity (Wildman–Crippen MR) is 36.7 cm³/mol. The lowest BCUT2D eigenvalue weighted by Crippen LogP contribution is -2.28. The highest BCUT2D eigenvalue weighted by Gasteiger charge is 2.40. The van der Waals surface area contributed by atoms with Crippen LogP contribution in [0.5, 0.6) is 0 Å². The van der Waals surface area contributed by atoms with Crippen molar-refractivity contribution >= 4 is 5.97 Å². The number of halogens is 4. The molecule has 0 amide bonds. The second-order valence-electron chi connectivity index (χ2n) is 2.18. The summed E-state index contributed by atoms with van der Waals surface area (Å²) in [5, 5.41) is 0. The van der Waals surface area contributed by atoms with Gasteiger partial charge in [0.05, 0.1) is 13.0 Å². The van der Waals surface area contributed by atoms with Crippen molar-refractivity contribution in [2.24, 2.45) is 0 Å². The van der Waals surface area contributed by atoms with Crippen LogP contribution in [0, 0.1) is 0 Å². The maximum absolute atomic E-state index is 12.1. The van der Waals surface area contributed by atoms with Crippen molar-refractivity contribution in [1.82, 2.24) is 0 Å². The van der Waals surface area contributed by atoms with Crippen LogP contribution in [0.2, 0.25) is 0 Å². The molecule has 0 radical (unpaired) electrons. The Morgan fingerprint density at radius 1 is 1.54 bits per heavy atom. The zero-order chi connectivity index (χ0) is 10.5. The smallest absolute Gasteiger partial charge is 0.330 e. The normalized spacial score (nSPS) is 11.5. The third-order valence-corrected chi connectivity index (χ3v) is 1.17. The Kier molecular flexibility index (Phi) is 4.44. The van der Waals surface area contributed by atoms with Crippen LogP contribution in [-0.2, 0) is 9.53 Å². The molecule has 0 aliphatic rings. The van der Waals surface area contributed by atoms with Gasteiger partial charge >= 0.3 is 18.3 Å². The standard InChI is InChI=1S/C7H8F4O2/c1-2-5(12)13-4-3-7(10,11)6(8)9/h2,6H,1,3-4H2. The van der Waals surface area contributed by atoms with Gasteiger partial charge in [-0.25, -0.2) is 22.4 Å². The summed E-state index contributed by atoms with van der Waals surface area (Å²) in [5.41, 5.74) is 0. The molecule has 0 N–H and O–H groups in total. The van der Waals surface area contributed by atoms with Gasteiger partial charge in [-0.2, -0.15) is 0 Å². The molecule has 0 atom stereocenters. The van der Waals surface area contributed by atoms with Gasteiger partial charge in [0.25, 0.3) is 0 Å². The number of carbonyl (C=O) groups is 1. The number of carbonyl (C=O) groups excluding carboxylic acids is 1. The molecule has 2 nitrogen and oxygen atoms in total. The predicted octanol–water partition coefficient (Wildman–Crippen LogP) is 2.01. The number of ether oxygens (including phenoxy) is 1. The molecule has 0 unspecified atom stereocenters. The van der Waals surface area contributed by atoms with E-state index in [9.17, 15) is 22.4 Å². The molecule has 0 fully saturated rings. The second kappa shape index (κ2) is 4.84. The van der Waals surface area contributed by atoms with Crippen molar-refractivity contribution in [3.63, 3.8) is 0 Å². The molecule has 76 valence electrons. The van der Waals surface area contributed by atoms with Crippen molar-refractivity contribution in [3.05, 3.63) is 12.7 Å². The summed E-state index contributed by atoms with van der Waals surface area (Å²) in [6, 6.07) is 0. The summed E-state index contributed by atoms with van der Waals surface area (Å²) < 4.78 is 51.4. The van der Waals surface area contributed by atoms with Crippen LogP contribution in [-0.4, -0.2) is 24.9 Å². The molecule has 0 aromatic rings. The molecular weight excluding hydrogens is 192 g/mol. The molecule has 0 aliphatic carbocycles. The maximum atomic E-state index is 12.1. The lowest BCUT2D eigenvalue weighted by molar-refractivity contribution is -0.153. The van der Waals surface area contributed by atoms with Gasteiger partial charge in [0.1, 0.15) is 0 Å². The lowest BCUT2D eigenvalue weighted by atomic mass is 10.2. The highest BCUT2D eigenvalue weighted by atomic mass is 19.3. The number of hydrogen-bond acceptors (Lipinski definition) is 2. The summed E-state index contributed by atoms with van der Waals surface area (Å²) in [6.45, 7) is 2.25. The molecule has 0 bridgehead atoms. The first-order valence-electron chi connectivity index (χ1n) is 3.35. The average Bonchev–Trinajstić information content (AvgIpc) is 2.03. The van der Waals surface area contributed by atoms with Crippen LogP contribution in [0.1, 0.15) is 6.42 Å². The van der Waals surface area contributed by atoms with E-state index in [0.717, 1.165) is 6.08 Å². The van der Waals surface area contributed by atoms with Crippen molar-refractivity contribution in [2.75, 3.05) is 6.61 Å². The Labute approximate surface area is 72.2 Å². The summed E-state index contributed by atoms with van der Waals surface area (Å²) in [5.74, 6) is -5.02. The van der Waals surface area contributed by atoms with Crippen molar-refractivity contribution in [1.29, 1.82) is 0 Å². The van der Waals surface area contributed by atoms with Crippen LogP contribution in [0.4, 0.5) is 17.6 Å². The van der Waals surface area contributed by atoms with Gasteiger partial charge in [-0.05, 0) is 0 Å². The van der Waals surface area contributed by atoms with E-state index in [1.165, 1.54) is 0 Å². The minimum atomic E-state index is -4.11. The number of hydrogen-bond donors (Lipinski definition) is 0. The van der Waals surface area contributed by atoms with E-state index < -0.39 is 31.3 Å². The Bertz CT molecular complexity index is 191. The molecule has 0 heterocycles. The number of alkyl halides is 4. The van der Waals surface area contributed by atoms with Crippen molar-refractivity contribution in [2.45, 2.75) is 18.8 Å². The van der Waals surface area contributed by atoms with Crippen LogP contribution in [0.3, 0.4) is 0 Å². The minimum Gasteiger partial charge on any atom is -0.462 e. The fraction of sp³-hybridized carbons (Fsp3) is 0.571. The Morgan fingerprint density at radius 3 is 2.46 bits per heavy atom. The van der Waals surface area contributed by atoms with Gasteiger partial charge in [0.15, 0.2) is 0 Å². The average molecular weight is 200 g/mol. The third kappa shape index (κ3) is 4.49. The first kappa shape index (κ1) is 11.9. The Balaban J connectivity index is 3.76. The van der Waals surface area contributed by atoms with Crippen molar-refractivity contribution in [3.8, 4) is 0 Å². The van der Waals surface area contributed by atoms with Gasteiger partial charge in [0.2, 0.25) is 0 Å². The highest BCUT2D eigenvalue weighted by Crippen LogP contribution is 2.26. The molecule has 0 saturated heterocycles. The van der Waals surface area contributed by atoms with Gasteiger partial charge in [-0.1, -0.05) is 6.58 Å². The summed E-state index contributed by atoms with van der Waals surface area (Å²) >= 11 is 0. The molecule has 0 aromatic carbocycles. The SMILES string of the molecule is C=CC(=O)OCCC(F)(F)C(F)F. The van der Waals surface area contributed by atoms with E-state index in [-0.39, 0.29) is 0 Å². The van der Waals surface area contributed by atoms with Crippen LogP contribution in [0.15, 0.2) is 12.7 Å². The topological polar surface area (TPSA) is 26.3 Å². The molecule has 0 rings (SSSR count). The van der Waals surface area contributed by atoms with Crippen LogP contribution >= 0.6 is 0 Å². The molecule has 0 aliphatic heterocycles. The monoisotopic (exact) mass is 200 g/mol. The summed E-state index contributed by atoms with van der Waals surface area (Å²) in [6.07, 6.45) is -4.17. The van der Waals surface area contributed by atoms with Gasteiger partial charge in [0, 0.05) is 6.08 Å². The fourth-order valence-corrected chi connectivity index (χ4v) is 0.456. The number of esters is 1. The van der Waals surface area contributed by atoms with E-state index in [4.69, 9.17) is 0 Å². The molecule has 0 saturated carbocycles. The molecule has 0 spiro atoms. The maximum Gasteiger partial charge on any atom is 0.330 e. The zero-order valence-electron chi connectivity index (χ0n) is 6.60. The third-order valence-electron chi connectivity index (χ3n) is 1.17. The first-order chi connectivity index (χ1) is 5.90. The fourth-order valence-electron chi connectivity index (χ4n) is 0.456. The summed E-state index contributed by atoms with van der Waals surface area (Å²) in [4.78, 5) is 10.3. The van der Waals surface area contributed by atoms with Crippen molar-refractivity contribution < 1.29 is 27.1 Å². The molecule has 13 heavy (non-hydrogen) atoms. The van der Waals surface area contributed by atoms with Gasteiger partial charge < -0.3 is 4.74 Å². The van der Waals surface area contributed by atoms with E-state index in [2.05, 4.69) is 11.3 Å². The molecule has 0 aromatic heterocycles. The van der Waals surface area contributed by atoms with E-state index in [1.807, 2.05) is 0 Å². The largest absolute Gasteiger partial charge is 0.462 e.